The highest BCUT2D eigenvalue weighted by atomic mass is 16.5. The molecule has 0 bridgehead atoms. The molecule has 0 amide bonds. The third-order valence-electron chi connectivity index (χ3n) is 5.80. The molecule has 0 spiro atoms. The molecule has 3 aromatic carbocycles. The van der Waals surface area contributed by atoms with Gasteiger partial charge < -0.3 is 14.4 Å². The smallest absolute Gasteiger partial charge is 0.303 e. The minimum absolute atomic E-state index is 0.196. The van der Waals surface area contributed by atoms with Crippen molar-refractivity contribution < 1.29 is 19.2 Å². The van der Waals surface area contributed by atoms with Crippen molar-refractivity contribution in [2.75, 3.05) is 7.11 Å². The van der Waals surface area contributed by atoms with Crippen molar-refractivity contribution in [3.05, 3.63) is 83.4 Å². The summed E-state index contributed by atoms with van der Waals surface area (Å²) in [5.41, 5.74) is 7.39. The fraction of sp³-hybridized carbons (Fsp3) is 0.250. The number of carboxylic acids is 1. The van der Waals surface area contributed by atoms with E-state index in [0.717, 1.165) is 40.7 Å². The maximum Gasteiger partial charge on any atom is 0.303 e. The van der Waals surface area contributed by atoms with Crippen LogP contribution in [0, 0.1) is 6.92 Å². The second kappa shape index (κ2) is 10.9. The Balaban J connectivity index is 1.56. The summed E-state index contributed by atoms with van der Waals surface area (Å²) in [4.78, 5) is 15.3. The minimum atomic E-state index is -0.756. The Kier molecular flexibility index (Phi) is 7.50. The molecule has 34 heavy (non-hydrogen) atoms. The van der Waals surface area contributed by atoms with Crippen molar-refractivity contribution >= 4 is 5.97 Å². The van der Waals surface area contributed by atoms with E-state index in [1.54, 1.807) is 7.11 Å². The molecule has 0 aliphatic carbocycles. The average molecular weight is 457 g/mol. The molecule has 0 aliphatic heterocycles. The Morgan fingerprint density at radius 3 is 2.62 bits per heavy atom. The maximum atomic E-state index is 10.7. The molecule has 1 aromatic heterocycles. The van der Waals surface area contributed by atoms with Gasteiger partial charge in [0.2, 0.25) is 5.82 Å². The van der Waals surface area contributed by atoms with Gasteiger partial charge in [0.05, 0.1) is 6.61 Å². The van der Waals surface area contributed by atoms with Gasteiger partial charge in [-0.05, 0) is 72.2 Å². The molecule has 0 saturated heterocycles. The molecule has 0 radical (unpaired) electrons. The number of nitrogens with zero attached hydrogens (tertiary/aromatic N) is 2. The summed E-state index contributed by atoms with van der Waals surface area (Å²) in [6.07, 6.45) is 2.49. The van der Waals surface area contributed by atoms with E-state index in [0.29, 0.717) is 24.7 Å². The Bertz CT molecular complexity index is 1280. The first-order chi connectivity index (χ1) is 16.5. The lowest BCUT2D eigenvalue weighted by molar-refractivity contribution is -0.137. The van der Waals surface area contributed by atoms with Gasteiger partial charge in [-0.1, -0.05) is 53.7 Å². The number of aliphatic carboxylic acids is 1. The fourth-order valence-electron chi connectivity index (χ4n) is 4.07. The van der Waals surface area contributed by atoms with E-state index in [9.17, 15) is 4.79 Å². The number of unbranched alkanes of at least 4 members (excludes halogenated alkanes) is 1. The van der Waals surface area contributed by atoms with Crippen LogP contribution in [0.1, 0.15) is 36.0 Å². The van der Waals surface area contributed by atoms with E-state index in [1.165, 1.54) is 11.1 Å². The molecule has 1 heterocycles. The Hall–Kier alpha value is -3.77. The molecule has 174 valence electrons. The van der Waals surface area contributed by atoms with Gasteiger partial charge in [-0.25, -0.2) is 0 Å². The fourth-order valence-corrected chi connectivity index (χ4v) is 4.07. The predicted molar refractivity (Wildman–Crippen MR) is 131 cm³/mol. The first-order valence-electron chi connectivity index (χ1n) is 11.4. The number of carbonyl (C=O) groups is 1. The first kappa shape index (κ1) is 23.4. The maximum absolute atomic E-state index is 10.7. The van der Waals surface area contributed by atoms with Crippen LogP contribution in [0.5, 0.6) is 0 Å². The van der Waals surface area contributed by atoms with Crippen LogP contribution in [0.3, 0.4) is 0 Å². The van der Waals surface area contributed by atoms with Crippen molar-refractivity contribution in [1.82, 2.24) is 10.1 Å². The second-order valence-electron chi connectivity index (χ2n) is 8.34. The summed E-state index contributed by atoms with van der Waals surface area (Å²) in [5.74, 6) is 0.225. The van der Waals surface area contributed by atoms with Gasteiger partial charge in [-0.2, -0.15) is 4.98 Å². The number of carboxylic acid groups (broad SMARTS) is 1. The summed E-state index contributed by atoms with van der Waals surface area (Å²) in [7, 11) is 1.69. The number of aryl methyl sites for hydroxylation is 2. The zero-order valence-electron chi connectivity index (χ0n) is 19.5. The van der Waals surface area contributed by atoms with Crippen LogP contribution in [-0.4, -0.2) is 28.3 Å². The van der Waals surface area contributed by atoms with Crippen molar-refractivity contribution in [2.45, 2.75) is 39.2 Å². The Morgan fingerprint density at radius 1 is 0.971 bits per heavy atom. The third kappa shape index (κ3) is 5.58. The van der Waals surface area contributed by atoms with E-state index < -0.39 is 5.97 Å². The van der Waals surface area contributed by atoms with Crippen molar-refractivity contribution in [1.29, 1.82) is 0 Å². The van der Waals surface area contributed by atoms with Crippen LogP contribution >= 0.6 is 0 Å². The van der Waals surface area contributed by atoms with Crippen LogP contribution < -0.4 is 0 Å². The lowest BCUT2D eigenvalue weighted by Crippen LogP contribution is -1.95. The Labute approximate surface area is 199 Å². The topological polar surface area (TPSA) is 85.5 Å². The molecule has 4 rings (SSSR count). The van der Waals surface area contributed by atoms with Gasteiger partial charge in [0.25, 0.3) is 5.89 Å². The van der Waals surface area contributed by atoms with Crippen LogP contribution in [0.2, 0.25) is 0 Å². The number of rotatable bonds is 10. The molecular weight excluding hydrogens is 428 g/mol. The molecule has 0 saturated carbocycles. The molecular formula is C28H28N2O4. The highest BCUT2D eigenvalue weighted by molar-refractivity contribution is 5.74. The summed E-state index contributed by atoms with van der Waals surface area (Å²) < 4.78 is 11.1. The van der Waals surface area contributed by atoms with Crippen molar-refractivity contribution in [3.63, 3.8) is 0 Å². The van der Waals surface area contributed by atoms with Crippen molar-refractivity contribution in [2.24, 2.45) is 0 Å². The number of methoxy groups -OCH3 is 1. The summed E-state index contributed by atoms with van der Waals surface area (Å²) >= 11 is 0. The number of benzene rings is 3. The van der Waals surface area contributed by atoms with E-state index in [4.69, 9.17) is 14.4 Å². The lowest BCUT2D eigenvalue weighted by atomic mass is 9.94. The minimum Gasteiger partial charge on any atom is -0.481 e. The normalized spacial score (nSPS) is 11.0. The predicted octanol–water partition coefficient (Wildman–Crippen LogP) is 6.32. The molecule has 0 fully saturated rings. The van der Waals surface area contributed by atoms with Crippen LogP contribution in [-0.2, 0) is 22.6 Å². The SMILES string of the molecule is COCc1cc(-c2nc(-c3cccc(CCCCC(=O)O)c3)no2)ccc1-c1ccccc1C. The largest absolute Gasteiger partial charge is 0.481 e. The summed E-state index contributed by atoms with van der Waals surface area (Å²) in [5, 5.41) is 13.0. The molecule has 4 aromatic rings. The number of ether oxygens (including phenoxy) is 1. The number of hydrogen-bond acceptors (Lipinski definition) is 5. The van der Waals surface area contributed by atoms with E-state index in [1.807, 2.05) is 48.5 Å². The lowest BCUT2D eigenvalue weighted by Gasteiger charge is -2.12. The molecule has 0 aliphatic rings. The summed E-state index contributed by atoms with van der Waals surface area (Å²) in [6, 6.07) is 22.4. The van der Waals surface area contributed by atoms with Crippen LogP contribution in [0.15, 0.2) is 71.3 Å². The van der Waals surface area contributed by atoms with E-state index >= 15 is 0 Å². The highest BCUT2D eigenvalue weighted by Crippen LogP contribution is 2.31. The van der Waals surface area contributed by atoms with Gasteiger partial charge in [0.1, 0.15) is 0 Å². The zero-order chi connectivity index (χ0) is 23.9. The molecule has 0 atom stereocenters. The second-order valence-corrected chi connectivity index (χ2v) is 8.34. The number of aromatic nitrogens is 2. The first-order valence-corrected chi connectivity index (χ1v) is 11.4. The van der Waals surface area contributed by atoms with Gasteiger partial charge >= 0.3 is 5.97 Å². The number of hydrogen-bond donors (Lipinski definition) is 1. The third-order valence-corrected chi connectivity index (χ3v) is 5.80. The highest BCUT2D eigenvalue weighted by Gasteiger charge is 2.15. The summed E-state index contributed by atoms with van der Waals surface area (Å²) in [6.45, 7) is 2.58. The van der Waals surface area contributed by atoms with Gasteiger partial charge in [0.15, 0.2) is 0 Å². The molecule has 6 nitrogen and oxygen atoms in total. The van der Waals surface area contributed by atoms with Gasteiger partial charge in [-0.15, -0.1) is 0 Å². The van der Waals surface area contributed by atoms with E-state index in [2.05, 4.69) is 35.3 Å². The van der Waals surface area contributed by atoms with E-state index in [-0.39, 0.29) is 6.42 Å². The van der Waals surface area contributed by atoms with Crippen LogP contribution in [0.4, 0.5) is 0 Å². The van der Waals surface area contributed by atoms with Crippen molar-refractivity contribution in [3.8, 4) is 34.0 Å². The van der Waals surface area contributed by atoms with Crippen LogP contribution in [0.25, 0.3) is 34.0 Å². The monoisotopic (exact) mass is 456 g/mol. The Morgan fingerprint density at radius 2 is 1.82 bits per heavy atom. The molecule has 0 unspecified atom stereocenters. The molecule has 1 N–H and O–H groups in total. The van der Waals surface area contributed by atoms with Gasteiger partial charge in [-0.3, -0.25) is 4.79 Å². The quantitative estimate of drug-likeness (QED) is 0.281. The zero-order valence-corrected chi connectivity index (χ0v) is 19.5. The average Bonchev–Trinajstić information content (AvgIpc) is 3.33. The molecule has 6 heteroatoms. The van der Waals surface area contributed by atoms with Gasteiger partial charge in [0, 0.05) is 24.7 Å². The standard InChI is InChI=1S/C28H28N2O4/c1-19-8-3-5-12-24(19)25-15-14-22(17-23(25)18-33-2)28-29-27(30-34-28)21-11-7-10-20(16-21)9-4-6-13-26(31)32/h3,5,7-8,10-12,14-17H,4,6,9,13,18H2,1-2H3,(H,31,32).